The number of rotatable bonds is 5. The minimum Gasteiger partial charge on any atom is -0.508 e. The molecule has 0 bridgehead atoms. The lowest BCUT2D eigenvalue weighted by molar-refractivity contribution is 0.410. The normalized spacial score (nSPS) is 10.6. The zero-order chi connectivity index (χ0) is 14.5. The van der Waals surface area contributed by atoms with Gasteiger partial charge in [0.05, 0.1) is 7.11 Å². The highest BCUT2D eigenvalue weighted by molar-refractivity contribution is 9.10. The molecule has 0 heterocycles. The van der Waals surface area contributed by atoms with E-state index in [2.05, 4.69) is 21.2 Å². The number of phenols is 1. The Hall–Kier alpha value is -1.59. The van der Waals surface area contributed by atoms with Gasteiger partial charge in [0.2, 0.25) is 0 Å². The Morgan fingerprint density at radius 1 is 1.15 bits per heavy atom. The Balaban J connectivity index is 2.01. The van der Waals surface area contributed by atoms with Gasteiger partial charge >= 0.3 is 0 Å². The van der Waals surface area contributed by atoms with Crippen molar-refractivity contribution in [3.63, 3.8) is 0 Å². The lowest BCUT2D eigenvalue weighted by Gasteiger charge is -2.09. The molecule has 0 radical (unpaired) electrons. The van der Waals surface area contributed by atoms with Crippen LogP contribution in [0.5, 0.6) is 11.5 Å². The van der Waals surface area contributed by atoms with Crippen molar-refractivity contribution in [1.29, 1.82) is 0 Å². The fourth-order valence-corrected chi connectivity index (χ4v) is 2.25. The first-order valence-electron chi connectivity index (χ1n) is 6.10. The van der Waals surface area contributed by atoms with Crippen LogP contribution in [0.4, 0.5) is 4.39 Å². The average Bonchev–Trinajstić information content (AvgIpc) is 2.44. The number of benzene rings is 2. The molecule has 0 saturated carbocycles. The molecule has 0 unspecified atom stereocenters. The van der Waals surface area contributed by atoms with Gasteiger partial charge in [-0.25, -0.2) is 4.39 Å². The summed E-state index contributed by atoms with van der Waals surface area (Å²) in [6.45, 7) is 0.802. The second-order valence-electron chi connectivity index (χ2n) is 4.33. The van der Waals surface area contributed by atoms with E-state index in [0.717, 1.165) is 4.47 Å². The second-order valence-corrected chi connectivity index (χ2v) is 5.25. The molecule has 0 amide bonds. The molecule has 0 atom stereocenters. The molecule has 2 aromatic carbocycles. The van der Waals surface area contributed by atoms with E-state index in [4.69, 9.17) is 4.74 Å². The fraction of sp³-hybridized carbons (Fsp3) is 0.200. The van der Waals surface area contributed by atoms with Gasteiger partial charge in [0, 0.05) is 28.7 Å². The molecule has 3 nitrogen and oxygen atoms in total. The van der Waals surface area contributed by atoms with Crippen LogP contribution in [0.2, 0.25) is 0 Å². The first-order valence-corrected chi connectivity index (χ1v) is 6.90. The zero-order valence-corrected chi connectivity index (χ0v) is 12.6. The van der Waals surface area contributed by atoms with Crippen molar-refractivity contribution in [1.82, 2.24) is 5.32 Å². The number of nitrogens with one attached hydrogen (secondary N) is 1. The summed E-state index contributed by atoms with van der Waals surface area (Å²) in [6, 6.07) is 9.83. The molecule has 5 heteroatoms. The van der Waals surface area contributed by atoms with Crippen molar-refractivity contribution in [2.45, 2.75) is 13.1 Å². The summed E-state index contributed by atoms with van der Waals surface area (Å²) in [6.07, 6.45) is 0. The van der Waals surface area contributed by atoms with Crippen LogP contribution in [0.25, 0.3) is 0 Å². The molecule has 0 aliphatic rings. The van der Waals surface area contributed by atoms with Crippen molar-refractivity contribution < 1.29 is 14.2 Å². The first-order chi connectivity index (χ1) is 9.60. The van der Waals surface area contributed by atoms with E-state index in [9.17, 15) is 9.50 Å². The van der Waals surface area contributed by atoms with Gasteiger partial charge in [0.1, 0.15) is 17.3 Å². The predicted octanol–water partition coefficient (Wildman–Crippen LogP) is 3.59. The Labute approximate surface area is 125 Å². The Bertz CT molecular complexity index is 604. The number of hydrogen-bond donors (Lipinski definition) is 2. The molecule has 2 aromatic rings. The third kappa shape index (κ3) is 3.71. The number of ether oxygens (including phenoxy) is 1. The highest BCUT2D eigenvalue weighted by atomic mass is 79.9. The number of hydrogen-bond acceptors (Lipinski definition) is 3. The van der Waals surface area contributed by atoms with Crippen LogP contribution in [-0.4, -0.2) is 12.2 Å². The smallest absolute Gasteiger partial charge is 0.127 e. The molecule has 0 aliphatic heterocycles. The summed E-state index contributed by atoms with van der Waals surface area (Å²) in [7, 11) is 1.57. The lowest BCUT2D eigenvalue weighted by Crippen LogP contribution is -2.14. The summed E-state index contributed by atoms with van der Waals surface area (Å²) < 4.78 is 19.5. The number of phenolic OH excluding ortho intramolecular Hbond substituents is 1. The van der Waals surface area contributed by atoms with Crippen molar-refractivity contribution in [3.8, 4) is 11.5 Å². The van der Waals surface area contributed by atoms with E-state index < -0.39 is 0 Å². The van der Waals surface area contributed by atoms with Crippen molar-refractivity contribution in [2.75, 3.05) is 7.11 Å². The molecule has 20 heavy (non-hydrogen) atoms. The van der Waals surface area contributed by atoms with Crippen LogP contribution in [0.1, 0.15) is 11.1 Å². The highest BCUT2D eigenvalue weighted by Crippen LogP contribution is 2.23. The third-order valence-electron chi connectivity index (χ3n) is 2.93. The van der Waals surface area contributed by atoms with Crippen LogP contribution in [-0.2, 0) is 13.1 Å². The van der Waals surface area contributed by atoms with E-state index in [0.29, 0.717) is 30.0 Å². The standard InChI is InChI=1S/C15H15BrFNO2/c1-20-13-3-5-15(19)11(7-13)9-18-8-10-6-12(16)2-4-14(10)17/h2-7,18-19H,8-9H2,1H3. The molecule has 0 aliphatic carbocycles. The van der Waals surface area contributed by atoms with E-state index >= 15 is 0 Å². The van der Waals surface area contributed by atoms with Crippen LogP contribution in [0, 0.1) is 5.82 Å². The first kappa shape index (κ1) is 14.8. The van der Waals surface area contributed by atoms with E-state index in [1.54, 1.807) is 37.4 Å². The Morgan fingerprint density at radius 2 is 1.90 bits per heavy atom. The van der Waals surface area contributed by atoms with Gasteiger partial charge in [-0.15, -0.1) is 0 Å². The number of methoxy groups -OCH3 is 1. The maximum atomic E-state index is 13.6. The predicted molar refractivity (Wildman–Crippen MR) is 79.3 cm³/mol. The average molecular weight is 340 g/mol. The van der Waals surface area contributed by atoms with Gasteiger partial charge in [-0.2, -0.15) is 0 Å². The van der Waals surface area contributed by atoms with Gasteiger partial charge in [-0.05, 0) is 36.4 Å². The van der Waals surface area contributed by atoms with Crippen molar-refractivity contribution in [3.05, 3.63) is 57.8 Å². The molecule has 2 rings (SSSR count). The molecule has 0 saturated heterocycles. The zero-order valence-electron chi connectivity index (χ0n) is 11.0. The largest absolute Gasteiger partial charge is 0.508 e. The van der Waals surface area contributed by atoms with Gasteiger partial charge in [-0.1, -0.05) is 15.9 Å². The fourth-order valence-electron chi connectivity index (χ4n) is 1.84. The summed E-state index contributed by atoms with van der Waals surface area (Å²) >= 11 is 3.31. The molecule has 0 aromatic heterocycles. The van der Waals surface area contributed by atoms with Crippen LogP contribution in [0.15, 0.2) is 40.9 Å². The molecule has 106 valence electrons. The van der Waals surface area contributed by atoms with Gasteiger partial charge in [-0.3, -0.25) is 0 Å². The summed E-state index contributed by atoms with van der Waals surface area (Å²) in [5, 5.41) is 12.9. The SMILES string of the molecule is COc1ccc(O)c(CNCc2cc(Br)ccc2F)c1. The number of halogens is 2. The summed E-state index contributed by atoms with van der Waals surface area (Å²) in [5.41, 5.74) is 1.28. The molecular formula is C15H15BrFNO2. The van der Waals surface area contributed by atoms with Crippen molar-refractivity contribution in [2.24, 2.45) is 0 Å². The maximum Gasteiger partial charge on any atom is 0.127 e. The van der Waals surface area contributed by atoms with E-state index in [1.807, 2.05) is 0 Å². The summed E-state index contributed by atoms with van der Waals surface area (Å²) in [5.74, 6) is 0.608. The second kappa shape index (κ2) is 6.72. The molecular weight excluding hydrogens is 325 g/mol. The number of aromatic hydroxyl groups is 1. The highest BCUT2D eigenvalue weighted by Gasteiger charge is 2.05. The van der Waals surface area contributed by atoms with Crippen LogP contribution >= 0.6 is 15.9 Å². The Morgan fingerprint density at radius 3 is 2.65 bits per heavy atom. The van der Waals surface area contributed by atoms with Crippen LogP contribution in [0.3, 0.4) is 0 Å². The van der Waals surface area contributed by atoms with E-state index in [-0.39, 0.29) is 11.6 Å². The minimum absolute atomic E-state index is 0.188. The maximum absolute atomic E-state index is 13.6. The molecule has 0 fully saturated rings. The Kier molecular flexibility index (Phi) is 4.98. The van der Waals surface area contributed by atoms with Gasteiger partial charge in [0.25, 0.3) is 0 Å². The topological polar surface area (TPSA) is 41.5 Å². The quantitative estimate of drug-likeness (QED) is 0.874. The van der Waals surface area contributed by atoms with Gasteiger partial charge in [0.15, 0.2) is 0 Å². The minimum atomic E-state index is -0.254. The lowest BCUT2D eigenvalue weighted by atomic mass is 10.1. The third-order valence-corrected chi connectivity index (χ3v) is 3.42. The van der Waals surface area contributed by atoms with Crippen molar-refractivity contribution >= 4 is 15.9 Å². The molecule has 0 spiro atoms. The van der Waals surface area contributed by atoms with Gasteiger partial charge < -0.3 is 15.2 Å². The van der Waals surface area contributed by atoms with Crippen LogP contribution < -0.4 is 10.1 Å². The van der Waals surface area contributed by atoms with E-state index in [1.165, 1.54) is 6.07 Å². The molecule has 2 N–H and O–H groups in total. The monoisotopic (exact) mass is 339 g/mol. The summed E-state index contributed by atoms with van der Waals surface area (Å²) in [4.78, 5) is 0.